The molecule has 6 heteroatoms. The number of nitrogens with one attached hydrogen (secondary N) is 1. The lowest BCUT2D eigenvalue weighted by atomic mass is 9.82. The number of H-pyrrole nitrogens is 1. The summed E-state index contributed by atoms with van der Waals surface area (Å²) in [7, 11) is 0. The van der Waals surface area contributed by atoms with Crippen molar-refractivity contribution in [3.05, 3.63) is 34.5 Å². The Hall–Kier alpha value is -1.95. The molecule has 1 aliphatic carbocycles. The molecule has 0 aliphatic heterocycles. The summed E-state index contributed by atoms with van der Waals surface area (Å²) < 4.78 is 5.23. The average Bonchev–Trinajstić information content (AvgIpc) is 2.90. The molecule has 100 valence electrons. The Labute approximate surface area is 110 Å². The minimum atomic E-state index is -0.485. The molecular formula is C13H16N4O2. The van der Waals surface area contributed by atoms with E-state index in [1.807, 2.05) is 0 Å². The second-order valence-corrected chi connectivity index (χ2v) is 5.08. The second-order valence-electron chi connectivity index (χ2n) is 5.08. The van der Waals surface area contributed by atoms with Crippen molar-refractivity contribution in [2.75, 3.05) is 0 Å². The molecule has 19 heavy (non-hydrogen) atoms. The fourth-order valence-corrected chi connectivity index (χ4v) is 2.53. The standard InChI is InChI=1S/C13H16N4O2/c14-13(5-2-1-3-6-13)12-16-11(19-17-12)9-4-7-15-10(18)8-9/h4,7-8H,1-3,5-6,14H2,(H,15,18). The first-order valence-electron chi connectivity index (χ1n) is 6.50. The molecule has 1 saturated carbocycles. The molecule has 6 nitrogen and oxygen atoms in total. The van der Waals surface area contributed by atoms with Gasteiger partial charge >= 0.3 is 0 Å². The molecule has 0 radical (unpaired) electrons. The number of hydrogen-bond acceptors (Lipinski definition) is 5. The predicted molar refractivity (Wildman–Crippen MR) is 69.3 cm³/mol. The van der Waals surface area contributed by atoms with Crippen LogP contribution >= 0.6 is 0 Å². The van der Waals surface area contributed by atoms with Gasteiger partial charge in [-0.3, -0.25) is 4.79 Å². The predicted octanol–water partition coefficient (Wildman–Crippen LogP) is 1.54. The van der Waals surface area contributed by atoms with Gasteiger partial charge in [-0.2, -0.15) is 4.98 Å². The van der Waals surface area contributed by atoms with Crippen molar-refractivity contribution in [1.82, 2.24) is 15.1 Å². The van der Waals surface area contributed by atoms with E-state index in [0.29, 0.717) is 17.3 Å². The van der Waals surface area contributed by atoms with Crippen LogP contribution in [0.2, 0.25) is 0 Å². The summed E-state index contributed by atoms with van der Waals surface area (Å²) in [5.74, 6) is 0.888. The van der Waals surface area contributed by atoms with Crippen LogP contribution in [0, 0.1) is 0 Å². The largest absolute Gasteiger partial charge is 0.334 e. The first kappa shape index (κ1) is 12.1. The van der Waals surface area contributed by atoms with E-state index >= 15 is 0 Å². The molecule has 0 atom stereocenters. The van der Waals surface area contributed by atoms with Gasteiger partial charge in [0.1, 0.15) is 0 Å². The number of aromatic amines is 1. The molecule has 0 amide bonds. The summed E-state index contributed by atoms with van der Waals surface area (Å²) in [6, 6.07) is 3.16. The van der Waals surface area contributed by atoms with Crippen LogP contribution in [0.3, 0.4) is 0 Å². The summed E-state index contributed by atoms with van der Waals surface area (Å²) in [6.45, 7) is 0. The van der Waals surface area contributed by atoms with E-state index in [-0.39, 0.29) is 5.56 Å². The monoisotopic (exact) mass is 260 g/mol. The third kappa shape index (κ3) is 2.31. The van der Waals surface area contributed by atoms with Crippen LogP contribution in [0.4, 0.5) is 0 Å². The van der Waals surface area contributed by atoms with Crippen LogP contribution in [-0.2, 0) is 5.54 Å². The maximum atomic E-state index is 11.3. The lowest BCUT2D eigenvalue weighted by Gasteiger charge is -2.29. The Bertz CT molecular complexity index is 625. The molecule has 0 bridgehead atoms. The summed E-state index contributed by atoms with van der Waals surface area (Å²) in [5.41, 5.74) is 6.28. The van der Waals surface area contributed by atoms with Crippen LogP contribution in [0.25, 0.3) is 11.5 Å². The second kappa shape index (κ2) is 4.62. The van der Waals surface area contributed by atoms with Gasteiger partial charge in [-0.15, -0.1) is 0 Å². The van der Waals surface area contributed by atoms with Gasteiger partial charge in [-0.25, -0.2) is 0 Å². The molecule has 1 fully saturated rings. The molecule has 0 unspecified atom stereocenters. The molecule has 0 saturated heterocycles. The highest BCUT2D eigenvalue weighted by Gasteiger charge is 2.34. The maximum Gasteiger partial charge on any atom is 0.258 e. The van der Waals surface area contributed by atoms with Gasteiger partial charge in [0.25, 0.3) is 5.89 Å². The number of aromatic nitrogens is 3. The third-order valence-corrected chi connectivity index (χ3v) is 3.64. The van der Waals surface area contributed by atoms with Gasteiger partial charge in [0.15, 0.2) is 5.82 Å². The Kier molecular flexibility index (Phi) is 2.94. The zero-order chi connectivity index (χ0) is 13.3. The highest BCUT2D eigenvalue weighted by Crippen LogP contribution is 2.33. The van der Waals surface area contributed by atoms with Crippen LogP contribution in [0.5, 0.6) is 0 Å². The maximum absolute atomic E-state index is 11.3. The fraction of sp³-hybridized carbons (Fsp3) is 0.462. The minimum Gasteiger partial charge on any atom is -0.334 e. The number of nitrogens with zero attached hydrogens (tertiary/aromatic N) is 2. The summed E-state index contributed by atoms with van der Waals surface area (Å²) in [6.07, 6.45) is 6.69. The Morgan fingerprint density at radius 3 is 2.84 bits per heavy atom. The quantitative estimate of drug-likeness (QED) is 0.853. The van der Waals surface area contributed by atoms with Gasteiger partial charge in [-0.1, -0.05) is 24.4 Å². The van der Waals surface area contributed by atoms with E-state index in [4.69, 9.17) is 10.3 Å². The van der Waals surface area contributed by atoms with E-state index in [2.05, 4.69) is 15.1 Å². The highest BCUT2D eigenvalue weighted by molar-refractivity contribution is 5.51. The van der Waals surface area contributed by atoms with Crippen molar-refractivity contribution in [3.63, 3.8) is 0 Å². The van der Waals surface area contributed by atoms with Gasteiger partial charge in [0, 0.05) is 17.8 Å². The van der Waals surface area contributed by atoms with Crippen LogP contribution in [-0.4, -0.2) is 15.1 Å². The van der Waals surface area contributed by atoms with Crippen molar-refractivity contribution in [1.29, 1.82) is 0 Å². The normalized spacial score (nSPS) is 18.4. The third-order valence-electron chi connectivity index (χ3n) is 3.64. The van der Waals surface area contributed by atoms with Crippen molar-refractivity contribution in [3.8, 4) is 11.5 Å². The van der Waals surface area contributed by atoms with E-state index in [1.54, 1.807) is 12.3 Å². The topological polar surface area (TPSA) is 97.8 Å². The van der Waals surface area contributed by atoms with E-state index in [9.17, 15) is 4.79 Å². The number of nitrogens with two attached hydrogens (primary N) is 1. The van der Waals surface area contributed by atoms with Crippen LogP contribution in [0.15, 0.2) is 27.6 Å². The van der Waals surface area contributed by atoms with Crippen molar-refractivity contribution in [2.24, 2.45) is 5.73 Å². The SMILES string of the molecule is NC1(c2noc(-c3cc[nH]c(=O)c3)n2)CCCCC1. The van der Waals surface area contributed by atoms with Crippen molar-refractivity contribution in [2.45, 2.75) is 37.6 Å². The van der Waals surface area contributed by atoms with Gasteiger partial charge in [0.2, 0.25) is 5.56 Å². The number of hydrogen-bond donors (Lipinski definition) is 2. The molecule has 0 spiro atoms. The summed E-state index contributed by atoms with van der Waals surface area (Å²) >= 11 is 0. The molecular weight excluding hydrogens is 244 g/mol. The molecule has 3 N–H and O–H groups in total. The van der Waals surface area contributed by atoms with Crippen LogP contribution in [0.1, 0.15) is 37.9 Å². The fourth-order valence-electron chi connectivity index (χ4n) is 2.53. The van der Waals surface area contributed by atoms with E-state index in [1.165, 1.54) is 12.5 Å². The minimum absolute atomic E-state index is 0.197. The molecule has 2 heterocycles. The molecule has 2 aromatic rings. The lowest BCUT2D eigenvalue weighted by Crippen LogP contribution is -2.39. The molecule has 2 aromatic heterocycles. The van der Waals surface area contributed by atoms with Gasteiger partial charge in [-0.05, 0) is 18.9 Å². The first-order valence-corrected chi connectivity index (χ1v) is 6.50. The van der Waals surface area contributed by atoms with Crippen molar-refractivity contribution < 1.29 is 4.52 Å². The Morgan fingerprint density at radius 1 is 1.32 bits per heavy atom. The first-order chi connectivity index (χ1) is 9.17. The van der Waals surface area contributed by atoms with Gasteiger partial charge in [0.05, 0.1) is 5.54 Å². The highest BCUT2D eigenvalue weighted by atomic mass is 16.5. The molecule has 0 aromatic carbocycles. The number of rotatable bonds is 2. The number of pyridine rings is 1. The zero-order valence-electron chi connectivity index (χ0n) is 10.6. The van der Waals surface area contributed by atoms with Crippen LogP contribution < -0.4 is 11.3 Å². The zero-order valence-corrected chi connectivity index (χ0v) is 10.6. The van der Waals surface area contributed by atoms with Gasteiger partial charge < -0.3 is 15.2 Å². The lowest BCUT2D eigenvalue weighted by molar-refractivity contribution is 0.275. The van der Waals surface area contributed by atoms with E-state index < -0.39 is 5.54 Å². The average molecular weight is 260 g/mol. The molecule has 1 aliphatic rings. The Morgan fingerprint density at radius 2 is 2.11 bits per heavy atom. The summed E-state index contributed by atoms with van der Waals surface area (Å²) in [5, 5.41) is 3.99. The molecule has 3 rings (SSSR count). The Balaban J connectivity index is 1.93. The summed E-state index contributed by atoms with van der Waals surface area (Å²) in [4.78, 5) is 18.2. The van der Waals surface area contributed by atoms with E-state index in [0.717, 1.165) is 25.7 Å². The van der Waals surface area contributed by atoms with Crippen molar-refractivity contribution >= 4 is 0 Å². The smallest absolute Gasteiger partial charge is 0.258 e.